The Hall–Kier alpha value is -2.39. The largest absolute Gasteiger partial charge is 0.352 e. The number of carbonyl (C=O) groups excluding carboxylic acids is 2. The van der Waals surface area contributed by atoms with Gasteiger partial charge in [-0.2, -0.15) is 0 Å². The van der Waals surface area contributed by atoms with Gasteiger partial charge in [0, 0.05) is 17.1 Å². The van der Waals surface area contributed by atoms with Crippen molar-refractivity contribution >= 4 is 43.5 Å². The van der Waals surface area contributed by atoms with Crippen molar-refractivity contribution in [3.63, 3.8) is 0 Å². The highest BCUT2D eigenvalue weighted by molar-refractivity contribution is 9.10. The van der Waals surface area contributed by atoms with E-state index in [1.165, 1.54) is 11.3 Å². The maximum Gasteiger partial charge on any atom is 0.244 e. The number of hydrogen-bond donors (Lipinski definition) is 1. The summed E-state index contributed by atoms with van der Waals surface area (Å²) < 4.78 is 27.2. The molecule has 36 heavy (non-hydrogen) atoms. The second-order valence-corrected chi connectivity index (χ2v) is 12.3. The van der Waals surface area contributed by atoms with Crippen molar-refractivity contribution in [3.8, 4) is 0 Å². The summed E-state index contributed by atoms with van der Waals surface area (Å²) in [5.74, 6) is -0.607. The van der Waals surface area contributed by atoms with Gasteiger partial charge in [0.25, 0.3) is 0 Å². The van der Waals surface area contributed by atoms with Gasteiger partial charge < -0.3 is 10.2 Å². The van der Waals surface area contributed by atoms with Crippen molar-refractivity contribution in [2.45, 2.75) is 71.0 Å². The fourth-order valence-electron chi connectivity index (χ4n) is 4.60. The monoisotopic (exact) mass is 577 g/mol. The molecule has 3 rings (SSSR count). The molecule has 0 unspecified atom stereocenters. The van der Waals surface area contributed by atoms with E-state index in [0.717, 1.165) is 47.4 Å². The molecule has 1 aliphatic rings. The van der Waals surface area contributed by atoms with E-state index in [0.29, 0.717) is 16.6 Å². The molecule has 2 amide bonds. The third-order valence-corrected chi connectivity index (χ3v) is 8.22. The van der Waals surface area contributed by atoms with Crippen LogP contribution in [0.3, 0.4) is 0 Å². The lowest BCUT2D eigenvalue weighted by atomic mass is 9.95. The van der Waals surface area contributed by atoms with Gasteiger partial charge in [-0.05, 0) is 49.9 Å². The molecule has 0 saturated heterocycles. The molecule has 0 heterocycles. The van der Waals surface area contributed by atoms with Gasteiger partial charge in [-0.1, -0.05) is 78.0 Å². The standard InChI is InChI=1S/C27H36BrN3O4S/c1-4-25(27(33)29-23-10-6-5-7-11-23)30(18-21-15-13-20(2)14-16-21)26(32)19-31(36(3,34)35)24-12-8-9-22(28)17-24/h8-9,12-17,23,25H,4-7,10-11,18-19H2,1-3H3,(H,29,33)/t25-/m0/s1. The number of anilines is 1. The zero-order valence-corrected chi connectivity index (χ0v) is 23.6. The first kappa shape index (κ1) is 28.2. The Balaban J connectivity index is 1.90. The maximum absolute atomic E-state index is 13.8. The molecule has 2 aromatic carbocycles. The molecule has 1 aliphatic carbocycles. The van der Waals surface area contributed by atoms with Crippen molar-refractivity contribution in [1.29, 1.82) is 0 Å². The smallest absolute Gasteiger partial charge is 0.244 e. The van der Waals surface area contributed by atoms with E-state index < -0.39 is 28.5 Å². The Kier molecular flexibility index (Phi) is 9.96. The number of nitrogens with zero attached hydrogens (tertiary/aromatic N) is 2. The number of carbonyl (C=O) groups is 2. The third-order valence-electron chi connectivity index (χ3n) is 6.59. The predicted octanol–water partition coefficient (Wildman–Crippen LogP) is 4.78. The quantitative estimate of drug-likeness (QED) is 0.440. The minimum Gasteiger partial charge on any atom is -0.352 e. The molecule has 1 fully saturated rings. The number of benzene rings is 2. The first-order chi connectivity index (χ1) is 17.1. The first-order valence-electron chi connectivity index (χ1n) is 12.5. The number of sulfonamides is 1. The maximum atomic E-state index is 13.8. The van der Waals surface area contributed by atoms with Crippen LogP contribution in [-0.2, 0) is 26.2 Å². The van der Waals surface area contributed by atoms with Gasteiger partial charge in [0.15, 0.2) is 0 Å². The number of aryl methyl sites for hydroxylation is 1. The van der Waals surface area contributed by atoms with Crippen LogP contribution in [0.25, 0.3) is 0 Å². The van der Waals surface area contributed by atoms with Gasteiger partial charge in [0.05, 0.1) is 11.9 Å². The predicted molar refractivity (Wildman–Crippen MR) is 147 cm³/mol. The highest BCUT2D eigenvalue weighted by Gasteiger charge is 2.32. The van der Waals surface area contributed by atoms with Crippen LogP contribution >= 0.6 is 15.9 Å². The third kappa shape index (κ3) is 7.80. The second-order valence-electron chi connectivity index (χ2n) is 9.52. The molecule has 9 heteroatoms. The number of rotatable bonds is 10. The van der Waals surface area contributed by atoms with Crippen molar-refractivity contribution < 1.29 is 18.0 Å². The number of halogens is 1. The van der Waals surface area contributed by atoms with Gasteiger partial charge in [0.2, 0.25) is 21.8 Å². The SMILES string of the molecule is CC[C@@H](C(=O)NC1CCCCC1)N(Cc1ccc(C)cc1)C(=O)CN(c1cccc(Br)c1)S(C)(=O)=O. The van der Waals surface area contributed by atoms with Crippen LogP contribution in [0.15, 0.2) is 53.0 Å². The number of nitrogens with one attached hydrogen (secondary N) is 1. The Morgan fingerprint density at radius 2 is 1.75 bits per heavy atom. The Bertz CT molecular complexity index is 1150. The Morgan fingerprint density at radius 1 is 1.08 bits per heavy atom. The van der Waals surface area contributed by atoms with E-state index in [1.54, 1.807) is 24.3 Å². The van der Waals surface area contributed by atoms with Crippen LogP contribution in [0, 0.1) is 6.92 Å². The lowest BCUT2D eigenvalue weighted by Gasteiger charge is -2.34. The summed E-state index contributed by atoms with van der Waals surface area (Å²) in [5.41, 5.74) is 2.36. The van der Waals surface area contributed by atoms with E-state index in [2.05, 4.69) is 21.2 Å². The van der Waals surface area contributed by atoms with E-state index in [9.17, 15) is 18.0 Å². The van der Waals surface area contributed by atoms with Crippen LogP contribution in [0.2, 0.25) is 0 Å². The molecule has 0 radical (unpaired) electrons. The molecule has 2 aromatic rings. The molecular weight excluding hydrogens is 542 g/mol. The summed E-state index contributed by atoms with van der Waals surface area (Å²) in [6.45, 7) is 3.68. The van der Waals surface area contributed by atoms with E-state index in [4.69, 9.17) is 0 Å². The lowest BCUT2D eigenvalue weighted by Crippen LogP contribution is -2.53. The minimum absolute atomic E-state index is 0.116. The molecule has 1 saturated carbocycles. The van der Waals surface area contributed by atoms with Crippen molar-refractivity contribution in [2.24, 2.45) is 0 Å². The van der Waals surface area contributed by atoms with E-state index >= 15 is 0 Å². The molecule has 0 spiro atoms. The van der Waals surface area contributed by atoms with Crippen LogP contribution < -0.4 is 9.62 Å². The van der Waals surface area contributed by atoms with Crippen molar-refractivity contribution in [1.82, 2.24) is 10.2 Å². The second kappa shape index (κ2) is 12.7. The fraction of sp³-hybridized carbons (Fsp3) is 0.481. The van der Waals surface area contributed by atoms with Gasteiger partial charge in [-0.25, -0.2) is 8.42 Å². The first-order valence-corrected chi connectivity index (χ1v) is 15.1. The molecule has 1 atom stereocenters. The summed E-state index contributed by atoms with van der Waals surface area (Å²) >= 11 is 3.37. The molecular formula is C27H36BrN3O4S. The summed E-state index contributed by atoms with van der Waals surface area (Å²) in [6, 6.07) is 14.0. The fourth-order valence-corrected chi connectivity index (χ4v) is 5.83. The molecule has 0 aliphatic heterocycles. The summed E-state index contributed by atoms with van der Waals surface area (Å²) in [5, 5.41) is 3.15. The summed E-state index contributed by atoms with van der Waals surface area (Å²) in [6.07, 6.45) is 6.74. The normalized spacial score (nSPS) is 15.2. The molecule has 0 aromatic heterocycles. The number of hydrogen-bond acceptors (Lipinski definition) is 4. The van der Waals surface area contributed by atoms with E-state index in [1.807, 2.05) is 38.1 Å². The number of amides is 2. The van der Waals surface area contributed by atoms with Gasteiger partial charge in [0.1, 0.15) is 12.6 Å². The van der Waals surface area contributed by atoms with Crippen LogP contribution in [0.4, 0.5) is 5.69 Å². The minimum atomic E-state index is -3.75. The van der Waals surface area contributed by atoms with Crippen LogP contribution in [-0.4, -0.2) is 50.0 Å². The average Bonchev–Trinajstić information content (AvgIpc) is 2.83. The Morgan fingerprint density at radius 3 is 2.33 bits per heavy atom. The van der Waals surface area contributed by atoms with Crippen LogP contribution in [0.1, 0.15) is 56.6 Å². The summed E-state index contributed by atoms with van der Waals surface area (Å²) in [4.78, 5) is 28.7. The zero-order chi connectivity index (χ0) is 26.3. The topological polar surface area (TPSA) is 86.8 Å². The van der Waals surface area contributed by atoms with Crippen molar-refractivity contribution in [2.75, 3.05) is 17.1 Å². The highest BCUT2D eigenvalue weighted by atomic mass is 79.9. The van der Waals surface area contributed by atoms with Crippen LogP contribution in [0.5, 0.6) is 0 Å². The summed E-state index contributed by atoms with van der Waals surface area (Å²) in [7, 11) is -3.75. The van der Waals surface area contributed by atoms with Gasteiger partial charge in [-0.15, -0.1) is 0 Å². The Labute approximate surface area is 223 Å². The molecule has 7 nitrogen and oxygen atoms in total. The van der Waals surface area contributed by atoms with E-state index in [-0.39, 0.29) is 18.5 Å². The average molecular weight is 579 g/mol. The highest BCUT2D eigenvalue weighted by Crippen LogP contribution is 2.24. The van der Waals surface area contributed by atoms with Gasteiger partial charge >= 0.3 is 0 Å². The lowest BCUT2D eigenvalue weighted by molar-refractivity contribution is -0.140. The molecule has 196 valence electrons. The van der Waals surface area contributed by atoms with Gasteiger partial charge in [-0.3, -0.25) is 13.9 Å². The van der Waals surface area contributed by atoms with Crippen molar-refractivity contribution in [3.05, 3.63) is 64.1 Å². The zero-order valence-electron chi connectivity index (χ0n) is 21.2. The molecule has 0 bridgehead atoms. The molecule has 1 N–H and O–H groups in total.